The monoisotopic (exact) mass is 302 g/mol. The van der Waals surface area contributed by atoms with Crippen LogP contribution in [0.2, 0.25) is 0 Å². The number of aromatic nitrogens is 3. The van der Waals surface area contributed by atoms with E-state index in [9.17, 15) is 9.90 Å². The van der Waals surface area contributed by atoms with Gasteiger partial charge in [0.2, 0.25) is 0 Å². The number of nitrogens with zero attached hydrogens (tertiary/aromatic N) is 3. The Morgan fingerprint density at radius 1 is 1.45 bits per heavy atom. The molecule has 0 spiro atoms. The highest BCUT2D eigenvalue weighted by Gasteiger charge is 2.35. The zero-order chi connectivity index (χ0) is 15.5. The van der Waals surface area contributed by atoms with Crippen molar-refractivity contribution in [2.45, 2.75) is 38.3 Å². The summed E-state index contributed by atoms with van der Waals surface area (Å²) in [4.78, 5) is 16.6. The Hall–Kier alpha value is -2.28. The van der Waals surface area contributed by atoms with Crippen molar-refractivity contribution < 1.29 is 14.5 Å². The van der Waals surface area contributed by atoms with E-state index in [1.165, 1.54) is 0 Å². The molecule has 7 heteroatoms. The van der Waals surface area contributed by atoms with E-state index in [-0.39, 0.29) is 29.7 Å². The molecule has 3 rings (SSSR count). The van der Waals surface area contributed by atoms with E-state index in [2.05, 4.69) is 25.2 Å². The molecule has 2 heterocycles. The first-order valence-electron chi connectivity index (χ1n) is 7.31. The Kier molecular flexibility index (Phi) is 4.15. The molecule has 2 N–H and O–H groups in total. The minimum absolute atomic E-state index is 0.0955. The van der Waals surface area contributed by atoms with Crippen molar-refractivity contribution in [1.29, 1.82) is 0 Å². The first kappa shape index (κ1) is 14.6. The second kappa shape index (κ2) is 6.23. The molecule has 1 saturated carbocycles. The van der Waals surface area contributed by atoms with Crippen molar-refractivity contribution >= 4 is 5.91 Å². The van der Waals surface area contributed by atoms with Gasteiger partial charge in [-0.2, -0.15) is 0 Å². The molecule has 1 atom stereocenters. The average Bonchev–Trinajstić information content (AvgIpc) is 2.91. The lowest BCUT2D eigenvalue weighted by atomic mass is 9.76. The number of carbonyl (C=O) groups excluding carboxylic acids is 1. The van der Waals surface area contributed by atoms with Gasteiger partial charge in [-0.05, 0) is 43.0 Å². The number of nitrogens with one attached hydrogen (secondary N) is 1. The summed E-state index contributed by atoms with van der Waals surface area (Å²) >= 11 is 0. The molecule has 1 aliphatic rings. The second-order valence-corrected chi connectivity index (χ2v) is 5.69. The Morgan fingerprint density at radius 2 is 2.27 bits per heavy atom. The highest BCUT2D eigenvalue weighted by atomic mass is 16.6. The van der Waals surface area contributed by atoms with Crippen LogP contribution >= 0.6 is 0 Å². The Labute approximate surface area is 127 Å². The summed E-state index contributed by atoms with van der Waals surface area (Å²) in [5, 5.41) is 19.8. The van der Waals surface area contributed by atoms with E-state index < -0.39 is 0 Å². The second-order valence-electron chi connectivity index (χ2n) is 5.69. The van der Waals surface area contributed by atoms with E-state index in [4.69, 9.17) is 0 Å². The molecule has 2 aromatic heterocycles. The number of rotatable bonds is 5. The van der Waals surface area contributed by atoms with Crippen molar-refractivity contribution in [3.8, 4) is 0 Å². The SMILES string of the molecule is Cc1nonc1C(=O)N[C@@H](Cc1ccccn1)C1CC(O)C1. The zero-order valence-electron chi connectivity index (χ0n) is 12.3. The molecule has 1 fully saturated rings. The molecular formula is C15H18N4O3. The molecule has 1 aliphatic carbocycles. The van der Waals surface area contributed by atoms with Gasteiger partial charge in [0, 0.05) is 24.4 Å². The van der Waals surface area contributed by atoms with Gasteiger partial charge in [0.1, 0.15) is 5.69 Å². The quantitative estimate of drug-likeness (QED) is 0.850. The molecule has 0 bridgehead atoms. The molecule has 0 aliphatic heterocycles. The number of hydrogen-bond donors (Lipinski definition) is 2. The fraction of sp³-hybridized carbons (Fsp3) is 0.467. The molecule has 2 aromatic rings. The molecule has 0 unspecified atom stereocenters. The number of aryl methyl sites for hydroxylation is 1. The third kappa shape index (κ3) is 3.14. The summed E-state index contributed by atoms with van der Waals surface area (Å²) in [7, 11) is 0. The summed E-state index contributed by atoms with van der Waals surface area (Å²) in [5.41, 5.74) is 1.57. The summed E-state index contributed by atoms with van der Waals surface area (Å²) in [6.07, 6.45) is 3.45. The lowest BCUT2D eigenvalue weighted by molar-refractivity contribution is 0.0236. The van der Waals surface area contributed by atoms with Crippen LogP contribution in [0.3, 0.4) is 0 Å². The first-order valence-corrected chi connectivity index (χ1v) is 7.31. The van der Waals surface area contributed by atoms with E-state index in [1.807, 2.05) is 18.2 Å². The van der Waals surface area contributed by atoms with Crippen molar-refractivity contribution in [3.63, 3.8) is 0 Å². The normalized spacial score (nSPS) is 21.9. The van der Waals surface area contributed by atoms with E-state index in [0.717, 1.165) is 5.69 Å². The Balaban J connectivity index is 1.71. The topological polar surface area (TPSA) is 101 Å². The van der Waals surface area contributed by atoms with Crippen LogP contribution in [0.4, 0.5) is 0 Å². The average molecular weight is 302 g/mol. The standard InChI is InChI=1S/C15H18N4O3/c1-9-14(19-22-18-9)15(21)17-13(10-6-12(20)7-10)8-11-4-2-3-5-16-11/h2-5,10,12-13,20H,6-8H2,1H3,(H,17,21)/t10?,12?,13-/m0/s1. The largest absolute Gasteiger partial charge is 0.393 e. The first-order chi connectivity index (χ1) is 10.6. The van der Waals surface area contributed by atoms with Gasteiger partial charge in [-0.25, -0.2) is 4.63 Å². The maximum absolute atomic E-state index is 12.3. The molecule has 0 saturated heterocycles. The fourth-order valence-corrected chi connectivity index (χ4v) is 2.71. The molecule has 116 valence electrons. The third-order valence-corrected chi connectivity index (χ3v) is 4.06. The highest BCUT2D eigenvalue weighted by molar-refractivity contribution is 5.93. The van der Waals surface area contributed by atoms with Crippen molar-refractivity contribution in [2.75, 3.05) is 0 Å². The maximum Gasteiger partial charge on any atom is 0.275 e. The predicted molar refractivity (Wildman–Crippen MR) is 77.0 cm³/mol. The molecular weight excluding hydrogens is 284 g/mol. The van der Waals surface area contributed by atoms with Gasteiger partial charge < -0.3 is 10.4 Å². The number of carbonyl (C=O) groups is 1. The van der Waals surface area contributed by atoms with E-state index in [1.54, 1.807) is 13.1 Å². The molecule has 0 radical (unpaired) electrons. The van der Waals surface area contributed by atoms with E-state index >= 15 is 0 Å². The summed E-state index contributed by atoms with van der Waals surface area (Å²) < 4.78 is 4.57. The van der Waals surface area contributed by atoms with Crippen LogP contribution in [0, 0.1) is 12.8 Å². The third-order valence-electron chi connectivity index (χ3n) is 4.06. The van der Waals surface area contributed by atoms with Gasteiger partial charge in [-0.15, -0.1) is 0 Å². The maximum atomic E-state index is 12.3. The van der Waals surface area contributed by atoms with Crippen LogP contribution in [-0.4, -0.2) is 38.5 Å². The number of aliphatic hydroxyl groups excluding tert-OH is 1. The number of hydrogen-bond acceptors (Lipinski definition) is 6. The lowest BCUT2D eigenvalue weighted by Gasteiger charge is -2.37. The van der Waals surface area contributed by atoms with Gasteiger partial charge in [0.15, 0.2) is 5.69 Å². The predicted octanol–water partition coefficient (Wildman–Crippen LogP) is 0.885. The summed E-state index contributed by atoms with van der Waals surface area (Å²) in [6.45, 7) is 1.67. The number of pyridine rings is 1. The van der Waals surface area contributed by atoms with Crippen molar-refractivity contribution in [2.24, 2.45) is 5.92 Å². The van der Waals surface area contributed by atoms with Crippen LogP contribution < -0.4 is 5.32 Å². The van der Waals surface area contributed by atoms with Gasteiger partial charge in [-0.1, -0.05) is 11.2 Å². The zero-order valence-corrected chi connectivity index (χ0v) is 12.3. The van der Waals surface area contributed by atoms with Crippen LogP contribution in [-0.2, 0) is 6.42 Å². The minimum Gasteiger partial charge on any atom is -0.393 e. The van der Waals surface area contributed by atoms with Gasteiger partial charge in [-0.3, -0.25) is 9.78 Å². The Morgan fingerprint density at radius 3 is 2.86 bits per heavy atom. The van der Waals surface area contributed by atoms with E-state index in [0.29, 0.717) is 25.0 Å². The van der Waals surface area contributed by atoms with Crippen molar-refractivity contribution in [1.82, 2.24) is 20.6 Å². The van der Waals surface area contributed by atoms with Crippen LogP contribution in [0.5, 0.6) is 0 Å². The molecule has 22 heavy (non-hydrogen) atoms. The summed E-state index contributed by atoms with van der Waals surface area (Å²) in [6, 6.07) is 5.61. The van der Waals surface area contributed by atoms with Gasteiger partial charge in [0.05, 0.1) is 6.10 Å². The van der Waals surface area contributed by atoms with Crippen LogP contribution in [0.15, 0.2) is 29.0 Å². The molecule has 1 amide bonds. The minimum atomic E-state index is -0.305. The van der Waals surface area contributed by atoms with Crippen molar-refractivity contribution in [3.05, 3.63) is 41.5 Å². The summed E-state index contributed by atoms with van der Waals surface area (Å²) in [5.74, 6) is -0.0674. The lowest BCUT2D eigenvalue weighted by Crippen LogP contribution is -2.48. The van der Waals surface area contributed by atoms with Gasteiger partial charge >= 0.3 is 0 Å². The molecule has 0 aromatic carbocycles. The number of amides is 1. The highest BCUT2D eigenvalue weighted by Crippen LogP contribution is 2.31. The van der Waals surface area contributed by atoms with Crippen LogP contribution in [0.25, 0.3) is 0 Å². The molecule has 7 nitrogen and oxygen atoms in total. The smallest absolute Gasteiger partial charge is 0.275 e. The van der Waals surface area contributed by atoms with Crippen LogP contribution in [0.1, 0.15) is 34.7 Å². The van der Waals surface area contributed by atoms with Gasteiger partial charge in [0.25, 0.3) is 5.91 Å². The Bertz CT molecular complexity index is 637. The number of aliphatic hydroxyl groups is 1. The fourth-order valence-electron chi connectivity index (χ4n) is 2.71.